The Morgan fingerprint density at radius 2 is 2.60 bits per heavy atom. The summed E-state index contributed by atoms with van der Waals surface area (Å²) >= 11 is 1.89. The molecule has 0 amide bonds. The summed E-state index contributed by atoms with van der Waals surface area (Å²) < 4.78 is 5.50. The van der Waals surface area contributed by atoms with Gasteiger partial charge in [-0.15, -0.1) is 0 Å². The van der Waals surface area contributed by atoms with Crippen LogP contribution in [0, 0.1) is 0 Å². The predicted octanol–water partition coefficient (Wildman–Crippen LogP) is 0.728. The van der Waals surface area contributed by atoms with E-state index in [-0.39, 0.29) is 0 Å². The Labute approximate surface area is 66.7 Å². The van der Waals surface area contributed by atoms with Crippen LogP contribution < -0.4 is 5.32 Å². The molecular weight excluding hydrogens is 146 g/mol. The second-order valence-corrected chi connectivity index (χ2v) is 3.46. The topological polar surface area (TPSA) is 21.3 Å². The molecule has 0 bridgehead atoms. The number of thioether (sulfide) groups is 1. The van der Waals surface area contributed by atoms with Crippen molar-refractivity contribution in [3.63, 3.8) is 0 Å². The first-order chi connectivity index (χ1) is 4.93. The number of nitrogens with one attached hydrogen (secondary N) is 1. The summed E-state index contributed by atoms with van der Waals surface area (Å²) in [6.07, 6.45) is 3.80. The summed E-state index contributed by atoms with van der Waals surface area (Å²) in [7, 11) is 0. The minimum atomic E-state index is 0.473. The van der Waals surface area contributed by atoms with Gasteiger partial charge in [-0.05, 0) is 18.4 Å². The minimum Gasteiger partial charge on any atom is -0.376 e. The van der Waals surface area contributed by atoms with Crippen molar-refractivity contribution < 1.29 is 4.74 Å². The van der Waals surface area contributed by atoms with Gasteiger partial charge in [0.05, 0.1) is 12.7 Å². The largest absolute Gasteiger partial charge is 0.376 e. The number of morpholine rings is 1. The number of hydrogen-bond donors (Lipinski definition) is 1. The van der Waals surface area contributed by atoms with Crippen LogP contribution in [0.15, 0.2) is 0 Å². The molecule has 60 valence electrons. The van der Waals surface area contributed by atoms with E-state index in [2.05, 4.69) is 11.6 Å². The summed E-state index contributed by atoms with van der Waals surface area (Å²) in [5.41, 5.74) is 0. The molecule has 0 aromatic carbocycles. The number of hydrogen-bond acceptors (Lipinski definition) is 3. The van der Waals surface area contributed by atoms with Crippen LogP contribution in [-0.2, 0) is 4.74 Å². The summed E-state index contributed by atoms with van der Waals surface area (Å²) in [5.74, 6) is 1.21. The molecule has 3 heteroatoms. The maximum Gasteiger partial charge on any atom is 0.0707 e. The molecule has 1 fully saturated rings. The lowest BCUT2D eigenvalue weighted by atomic mass is 10.2. The molecule has 0 spiro atoms. The van der Waals surface area contributed by atoms with Gasteiger partial charge in [-0.3, -0.25) is 0 Å². The summed E-state index contributed by atoms with van der Waals surface area (Å²) in [5, 5.41) is 3.31. The van der Waals surface area contributed by atoms with E-state index in [1.807, 2.05) is 11.8 Å². The van der Waals surface area contributed by atoms with E-state index in [9.17, 15) is 0 Å². The summed E-state index contributed by atoms with van der Waals surface area (Å²) in [6, 6.07) is 0. The van der Waals surface area contributed by atoms with Crippen LogP contribution in [0.2, 0.25) is 0 Å². The van der Waals surface area contributed by atoms with Crippen molar-refractivity contribution >= 4 is 11.8 Å². The fraction of sp³-hybridized carbons (Fsp3) is 1.00. The Morgan fingerprint density at radius 3 is 3.20 bits per heavy atom. The monoisotopic (exact) mass is 161 g/mol. The van der Waals surface area contributed by atoms with E-state index < -0.39 is 0 Å². The van der Waals surface area contributed by atoms with Gasteiger partial charge in [0.25, 0.3) is 0 Å². The highest BCUT2D eigenvalue weighted by Crippen LogP contribution is 2.05. The quantitative estimate of drug-likeness (QED) is 0.659. The van der Waals surface area contributed by atoms with Crippen LogP contribution in [-0.4, -0.2) is 37.8 Å². The molecule has 2 nitrogen and oxygen atoms in total. The Hall–Kier alpha value is 0.270. The molecule has 0 aromatic heterocycles. The van der Waals surface area contributed by atoms with Gasteiger partial charge in [0.1, 0.15) is 0 Å². The summed E-state index contributed by atoms with van der Waals surface area (Å²) in [6.45, 7) is 2.95. The molecule has 0 radical (unpaired) electrons. The van der Waals surface area contributed by atoms with Gasteiger partial charge in [-0.1, -0.05) is 0 Å². The van der Waals surface area contributed by atoms with Crippen molar-refractivity contribution in [2.75, 3.05) is 31.7 Å². The van der Waals surface area contributed by atoms with Gasteiger partial charge in [0.15, 0.2) is 0 Å². The third-order valence-electron chi connectivity index (χ3n) is 1.65. The molecule has 0 aliphatic carbocycles. The molecule has 1 aliphatic rings. The average molecular weight is 161 g/mol. The molecule has 1 aliphatic heterocycles. The number of ether oxygens (including phenoxy) is 1. The standard InChI is InChI=1S/C7H15NOS/c1-10-5-2-7-6-8-3-4-9-7/h7-8H,2-6H2,1H3. The van der Waals surface area contributed by atoms with Crippen molar-refractivity contribution in [3.8, 4) is 0 Å². The lowest BCUT2D eigenvalue weighted by Gasteiger charge is -2.22. The van der Waals surface area contributed by atoms with Crippen LogP contribution in [0.5, 0.6) is 0 Å². The summed E-state index contributed by atoms with van der Waals surface area (Å²) in [4.78, 5) is 0. The maximum atomic E-state index is 5.50. The van der Waals surface area contributed by atoms with Crippen molar-refractivity contribution in [1.82, 2.24) is 5.32 Å². The smallest absolute Gasteiger partial charge is 0.0707 e. The second-order valence-electron chi connectivity index (χ2n) is 2.48. The Bertz CT molecular complexity index is 83.7. The normalized spacial score (nSPS) is 26.7. The molecule has 1 atom stereocenters. The third kappa shape index (κ3) is 2.90. The fourth-order valence-electron chi connectivity index (χ4n) is 1.05. The lowest BCUT2D eigenvalue weighted by molar-refractivity contribution is 0.0274. The van der Waals surface area contributed by atoms with E-state index in [4.69, 9.17) is 4.74 Å². The molecule has 1 N–H and O–H groups in total. The van der Waals surface area contributed by atoms with E-state index in [1.165, 1.54) is 12.2 Å². The van der Waals surface area contributed by atoms with Crippen LogP contribution in [0.25, 0.3) is 0 Å². The first kappa shape index (κ1) is 8.37. The molecule has 0 aromatic rings. The van der Waals surface area contributed by atoms with Gasteiger partial charge in [0, 0.05) is 13.1 Å². The lowest BCUT2D eigenvalue weighted by Crippen LogP contribution is -2.38. The van der Waals surface area contributed by atoms with Gasteiger partial charge in [-0.2, -0.15) is 11.8 Å². The molecule has 1 rings (SSSR count). The zero-order chi connectivity index (χ0) is 7.23. The Balaban J connectivity index is 2.02. The zero-order valence-corrected chi connectivity index (χ0v) is 7.25. The first-order valence-corrected chi connectivity index (χ1v) is 5.14. The van der Waals surface area contributed by atoms with Gasteiger partial charge in [-0.25, -0.2) is 0 Å². The van der Waals surface area contributed by atoms with Crippen LogP contribution >= 0.6 is 11.8 Å². The van der Waals surface area contributed by atoms with Crippen LogP contribution in [0.4, 0.5) is 0 Å². The number of rotatable bonds is 3. The average Bonchev–Trinajstić information content (AvgIpc) is 2.03. The van der Waals surface area contributed by atoms with Gasteiger partial charge >= 0.3 is 0 Å². The SMILES string of the molecule is CSCCC1CNCCO1. The minimum absolute atomic E-state index is 0.473. The third-order valence-corrected chi connectivity index (χ3v) is 2.29. The van der Waals surface area contributed by atoms with Crippen molar-refractivity contribution in [2.24, 2.45) is 0 Å². The van der Waals surface area contributed by atoms with Gasteiger partial charge < -0.3 is 10.1 Å². The van der Waals surface area contributed by atoms with Crippen molar-refractivity contribution in [3.05, 3.63) is 0 Å². The highest BCUT2D eigenvalue weighted by atomic mass is 32.2. The van der Waals surface area contributed by atoms with Gasteiger partial charge in [0.2, 0.25) is 0 Å². The second kappa shape index (κ2) is 4.99. The van der Waals surface area contributed by atoms with E-state index in [0.29, 0.717) is 6.10 Å². The first-order valence-electron chi connectivity index (χ1n) is 3.74. The Kier molecular flexibility index (Phi) is 4.18. The highest BCUT2D eigenvalue weighted by Gasteiger charge is 2.11. The molecule has 10 heavy (non-hydrogen) atoms. The van der Waals surface area contributed by atoms with Crippen molar-refractivity contribution in [2.45, 2.75) is 12.5 Å². The van der Waals surface area contributed by atoms with Crippen LogP contribution in [0.1, 0.15) is 6.42 Å². The Morgan fingerprint density at radius 1 is 1.70 bits per heavy atom. The molecule has 1 heterocycles. The molecular formula is C7H15NOS. The molecule has 1 unspecified atom stereocenters. The maximum absolute atomic E-state index is 5.50. The predicted molar refractivity (Wildman–Crippen MR) is 45.6 cm³/mol. The van der Waals surface area contributed by atoms with Crippen molar-refractivity contribution in [1.29, 1.82) is 0 Å². The van der Waals surface area contributed by atoms with E-state index in [1.54, 1.807) is 0 Å². The van der Waals surface area contributed by atoms with E-state index in [0.717, 1.165) is 19.7 Å². The van der Waals surface area contributed by atoms with Crippen LogP contribution in [0.3, 0.4) is 0 Å². The molecule has 0 saturated carbocycles. The highest BCUT2D eigenvalue weighted by molar-refractivity contribution is 7.98. The molecule has 1 saturated heterocycles. The zero-order valence-electron chi connectivity index (χ0n) is 6.43. The van der Waals surface area contributed by atoms with E-state index >= 15 is 0 Å². The fourth-order valence-corrected chi connectivity index (χ4v) is 1.55.